The minimum absolute atomic E-state index is 0.208. The SMILES string of the molecule is COCCn1c(=NC(=O)COc2cccc(OC)c2)sc2cc(F)ccc21. The number of benzene rings is 2. The van der Waals surface area contributed by atoms with Crippen molar-refractivity contribution in [2.24, 2.45) is 4.99 Å². The summed E-state index contributed by atoms with van der Waals surface area (Å²) < 4.78 is 31.8. The van der Waals surface area contributed by atoms with Crippen LogP contribution in [0.5, 0.6) is 11.5 Å². The van der Waals surface area contributed by atoms with Gasteiger partial charge in [0.2, 0.25) is 0 Å². The van der Waals surface area contributed by atoms with Gasteiger partial charge in [-0.25, -0.2) is 4.39 Å². The lowest BCUT2D eigenvalue weighted by Gasteiger charge is -2.06. The van der Waals surface area contributed by atoms with Gasteiger partial charge in [0, 0.05) is 19.7 Å². The van der Waals surface area contributed by atoms with Crippen molar-refractivity contribution >= 4 is 27.5 Å². The Labute approximate surface area is 159 Å². The van der Waals surface area contributed by atoms with Gasteiger partial charge in [-0.2, -0.15) is 4.99 Å². The van der Waals surface area contributed by atoms with Gasteiger partial charge in [-0.1, -0.05) is 17.4 Å². The molecule has 0 unspecified atom stereocenters. The third kappa shape index (κ3) is 4.72. The number of fused-ring (bicyclic) bond motifs is 1. The molecule has 3 rings (SSSR count). The maximum absolute atomic E-state index is 13.5. The summed E-state index contributed by atoms with van der Waals surface area (Å²) in [6.45, 7) is 0.746. The lowest BCUT2D eigenvalue weighted by molar-refractivity contribution is -0.120. The van der Waals surface area contributed by atoms with Gasteiger partial charge in [0.05, 0.1) is 23.9 Å². The molecule has 0 fully saturated rings. The first-order valence-corrected chi connectivity index (χ1v) is 9.04. The van der Waals surface area contributed by atoms with Gasteiger partial charge < -0.3 is 18.8 Å². The second-order valence-corrected chi connectivity index (χ2v) is 6.62. The summed E-state index contributed by atoms with van der Waals surface area (Å²) in [6.07, 6.45) is 0. The number of halogens is 1. The Kier molecular flexibility index (Phi) is 6.20. The molecule has 6 nitrogen and oxygen atoms in total. The average Bonchev–Trinajstić information content (AvgIpc) is 3.00. The van der Waals surface area contributed by atoms with Crippen molar-refractivity contribution in [3.63, 3.8) is 0 Å². The number of carbonyl (C=O) groups is 1. The third-order valence-electron chi connectivity index (χ3n) is 3.79. The number of carbonyl (C=O) groups excluding carboxylic acids is 1. The van der Waals surface area contributed by atoms with Gasteiger partial charge in [0.1, 0.15) is 17.3 Å². The fourth-order valence-corrected chi connectivity index (χ4v) is 3.60. The summed E-state index contributed by atoms with van der Waals surface area (Å²) in [5.41, 5.74) is 0.804. The van der Waals surface area contributed by atoms with Crippen molar-refractivity contribution in [2.75, 3.05) is 27.4 Å². The number of aromatic nitrogens is 1. The van der Waals surface area contributed by atoms with Crippen molar-refractivity contribution in [3.8, 4) is 11.5 Å². The summed E-state index contributed by atoms with van der Waals surface area (Å²) in [6, 6.07) is 11.5. The van der Waals surface area contributed by atoms with E-state index in [1.807, 2.05) is 4.57 Å². The molecule has 0 saturated heterocycles. The highest BCUT2D eigenvalue weighted by molar-refractivity contribution is 7.16. The first-order chi connectivity index (χ1) is 13.1. The van der Waals surface area contributed by atoms with Crippen LogP contribution < -0.4 is 14.3 Å². The zero-order valence-corrected chi connectivity index (χ0v) is 15.8. The smallest absolute Gasteiger partial charge is 0.286 e. The van der Waals surface area contributed by atoms with E-state index in [4.69, 9.17) is 14.2 Å². The first kappa shape index (κ1) is 19.1. The Morgan fingerprint density at radius 3 is 2.78 bits per heavy atom. The summed E-state index contributed by atoms with van der Waals surface area (Å²) in [5, 5.41) is 0. The monoisotopic (exact) mass is 390 g/mol. The molecule has 3 aromatic rings. The van der Waals surface area contributed by atoms with Crippen LogP contribution in [-0.2, 0) is 16.1 Å². The zero-order chi connectivity index (χ0) is 19.2. The predicted molar refractivity (Wildman–Crippen MR) is 101 cm³/mol. The van der Waals surface area contributed by atoms with Crippen LogP contribution in [0.3, 0.4) is 0 Å². The van der Waals surface area contributed by atoms with Gasteiger partial charge in [0.15, 0.2) is 11.4 Å². The quantitative estimate of drug-likeness (QED) is 0.622. The second-order valence-electron chi connectivity index (χ2n) is 5.61. The van der Waals surface area contributed by atoms with E-state index in [1.54, 1.807) is 44.6 Å². The summed E-state index contributed by atoms with van der Waals surface area (Å²) in [4.78, 5) is 16.9. The molecule has 0 N–H and O–H groups in total. The van der Waals surface area contributed by atoms with Gasteiger partial charge >= 0.3 is 0 Å². The second kappa shape index (κ2) is 8.79. The van der Waals surface area contributed by atoms with E-state index < -0.39 is 5.91 Å². The standard InChI is InChI=1S/C19H19FN2O4S/c1-24-9-8-22-16-7-6-13(20)10-17(16)27-19(22)21-18(23)12-26-15-5-3-4-14(11-15)25-2/h3-7,10-11H,8-9,12H2,1-2H3. The van der Waals surface area contributed by atoms with E-state index >= 15 is 0 Å². The van der Waals surface area contributed by atoms with E-state index in [1.165, 1.54) is 23.5 Å². The lowest BCUT2D eigenvalue weighted by atomic mass is 10.3. The van der Waals surface area contributed by atoms with Crippen LogP contribution in [0, 0.1) is 5.82 Å². The van der Waals surface area contributed by atoms with Crippen LogP contribution in [0.15, 0.2) is 47.5 Å². The minimum Gasteiger partial charge on any atom is -0.497 e. The summed E-state index contributed by atoms with van der Waals surface area (Å²) in [5.74, 6) is 0.391. The lowest BCUT2D eigenvalue weighted by Crippen LogP contribution is -2.21. The number of hydrogen-bond donors (Lipinski definition) is 0. The summed E-state index contributed by atoms with van der Waals surface area (Å²) >= 11 is 1.25. The number of thiazole rings is 1. The van der Waals surface area contributed by atoms with Gasteiger partial charge in [-0.3, -0.25) is 4.79 Å². The number of rotatable bonds is 7. The van der Waals surface area contributed by atoms with Gasteiger partial charge in [0.25, 0.3) is 5.91 Å². The number of ether oxygens (including phenoxy) is 3. The van der Waals surface area contributed by atoms with Crippen molar-refractivity contribution in [1.82, 2.24) is 4.57 Å². The van der Waals surface area contributed by atoms with Gasteiger partial charge in [-0.05, 0) is 30.3 Å². The normalized spacial score (nSPS) is 11.7. The van der Waals surface area contributed by atoms with E-state index in [0.717, 1.165) is 5.52 Å². The predicted octanol–water partition coefficient (Wildman–Crippen LogP) is 3.00. The molecule has 0 aliphatic carbocycles. The number of methoxy groups -OCH3 is 2. The molecule has 0 atom stereocenters. The van der Waals surface area contributed by atoms with Crippen LogP contribution in [0.1, 0.15) is 0 Å². The van der Waals surface area contributed by atoms with Crippen LogP contribution in [0.4, 0.5) is 4.39 Å². The molecule has 0 aliphatic heterocycles. The van der Waals surface area contributed by atoms with Crippen molar-refractivity contribution in [1.29, 1.82) is 0 Å². The van der Waals surface area contributed by atoms with E-state index in [2.05, 4.69) is 4.99 Å². The Hall–Kier alpha value is -2.71. The molecule has 0 aliphatic rings. The maximum Gasteiger partial charge on any atom is 0.286 e. The molecule has 2 aromatic carbocycles. The third-order valence-corrected chi connectivity index (χ3v) is 4.83. The van der Waals surface area contributed by atoms with Crippen LogP contribution in [-0.4, -0.2) is 37.9 Å². The molecule has 8 heteroatoms. The maximum atomic E-state index is 13.5. The topological polar surface area (TPSA) is 62.1 Å². The molecule has 0 radical (unpaired) electrons. The Balaban J connectivity index is 1.83. The number of amides is 1. The summed E-state index contributed by atoms with van der Waals surface area (Å²) in [7, 11) is 3.15. The highest BCUT2D eigenvalue weighted by Gasteiger charge is 2.09. The van der Waals surface area contributed by atoms with E-state index in [0.29, 0.717) is 34.2 Å². The highest BCUT2D eigenvalue weighted by Crippen LogP contribution is 2.20. The molecule has 27 heavy (non-hydrogen) atoms. The Bertz CT molecular complexity index is 1010. The fourth-order valence-electron chi connectivity index (χ4n) is 2.51. The molecule has 1 heterocycles. The minimum atomic E-state index is -0.434. The van der Waals surface area contributed by atoms with Gasteiger partial charge in [-0.15, -0.1) is 0 Å². The molecule has 0 spiro atoms. The van der Waals surface area contributed by atoms with Crippen LogP contribution in [0.2, 0.25) is 0 Å². The molecule has 0 saturated carbocycles. The number of hydrogen-bond acceptors (Lipinski definition) is 5. The van der Waals surface area contributed by atoms with Crippen LogP contribution in [0.25, 0.3) is 10.2 Å². The van der Waals surface area contributed by atoms with Crippen molar-refractivity contribution in [2.45, 2.75) is 6.54 Å². The van der Waals surface area contributed by atoms with Crippen molar-refractivity contribution in [3.05, 3.63) is 53.1 Å². The molecule has 0 bridgehead atoms. The molecule has 142 valence electrons. The molecule has 1 amide bonds. The highest BCUT2D eigenvalue weighted by atomic mass is 32.1. The number of nitrogens with zero attached hydrogens (tertiary/aromatic N) is 2. The zero-order valence-electron chi connectivity index (χ0n) is 15.0. The average molecular weight is 390 g/mol. The van der Waals surface area contributed by atoms with Crippen molar-refractivity contribution < 1.29 is 23.4 Å². The fraction of sp³-hybridized carbons (Fsp3) is 0.263. The Morgan fingerprint density at radius 1 is 1.19 bits per heavy atom. The van der Waals surface area contributed by atoms with Crippen LogP contribution >= 0.6 is 11.3 Å². The Morgan fingerprint density at radius 2 is 2.00 bits per heavy atom. The largest absolute Gasteiger partial charge is 0.497 e. The molecule has 1 aromatic heterocycles. The van der Waals surface area contributed by atoms with E-state index in [9.17, 15) is 9.18 Å². The van der Waals surface area contributed by atoms with E-state index in [-0.39, 0.29) is 12.4 Å². The molecular weight excluding hydrogens is 371 g/mol. The molecular formula is C19H19FN2O4S. The first-order valence-electron chi connectivity index (χ1n) is 8.23.